The molecule has 1 aliphatic carbocycles. The molecule has 0 atom stereocenters. The Labute approximate surface area is 186 Å². The van der Waals surface area contributed by atoms with Crippen LogP contribution in [0.4, 0.5) is 0 Å². The Bertz CT molecular complexity index is 1410. The average Bonchev–Trinajstić information content (AvgIpc) is 3.16. The summed E-state index contributed by atoms with van der Waals surface area (Å²) in [6.45, 7) is 1.97. The van der Waals surface area contributed by atoms with E-state index >= 15 is 0 Å². The van der Waals surface area contributed by atoms with Gasteiger partial charge in [-0.25, -0.2) is 4.68 Å². The summed E-state index contributed by atoms with van der Waals surface area (Å²) in [7, 11) is 0. The predicted molar refractivity (Wildman–Crippen MR) is 121 cm³/mol. The molecule has 0 saturated heterocycles. The molecular formula is C27H20N4O. The van der Waals surface area contributed by atoms with Crippen LogP contribution in [0.3, 0.4) is 0 Å². The minimum absolute atomic E-state index is 0.114. The number of ether oxygens (including phenoxy) is 1. The number of nitrogens with zero attached hydrogens (tertiary/aromatic N) is 3. The van der Waals surface area contributed by atoms with Crippen molar-refractivity contribution in [1.29, 1.82) is 5.26 Å². The number of aryl methyl sites for hydroxylation is 1. The number of benzene rings is 3. The Hall–Kier alpha value is -4.30. The summed E-state index contributed by atoms with van der Waals surface area (Å²) >= 11 is 0. The highest BCUT2D eigenvalue weighted by molar-refractivity contribution is 5.73. The van der Waals surface area contributed by atoms with Crippen molar-refractivity contribution in [2.45, 2.75) is 18.8 Å². The Balaban J connectivity index is 1.80. The minimum Gasteiger partial charge on any atom is -0.422 e. The molecule has 6 rings (SSSR count). The molecule has 1 aliphatic heterocycles. The van der Waals surface area contributed by atoms with Gasteiger partial charge in [0.1, 0.15) is 11.6 Å². The number of para-hydroxylation sites is 1. The van der Waals surface area contributed by atoms with Crippen molar-refractivity contribution < 1.29 is 4.74 Å². The van der Waals surface area contributed by atoms with Gasteiger partial charge in [0.05, 0.1) is 22.4 Å². The van der Waals surface area contributed by atoms with E-state index in [1.165, 1.54) is 11.1 Å². The van der Waals surface area contributed by atoms with Gasteiger partial charge < -0.3 is 10.5 Å². The van der Waals surface area contributed by atoms with E-state index < -0.39 is 5.41 Å². The maximum atomic E-state index is 10.4. The van der Waals surface area contributed by atoms with Gasteiger partial charge in [-0.2, -0.15) is 10.4 Å². The fourth-order valence-electron chi connectivity index (χ4n) is 5.35. The van der Waals surface area contributed by atoms with Crippen LogP contribution in [0.25, 0.3) is 5.69 Å². The molecule has 5 heteroatoms. The molecule has 0 bridgehead atoms. The molecule has 32 heavy (non-hydrogen) atoms. The number of hydrogen-bond acceptors (Lipinski definition) is 4. The van der Waals surface area contributed by atoms with Gasteiger partial charge in [-0.05, 0) is 47.7 Å². The largest absolute Gasteiger partial charge is 0.422 e. The SMILES string of the molecule is Cc1nn(-c2ccccc2)c2c1C1(C(C#N)=C(N)O2)c2ccccc2Cc2ccccc21. The second kappa shape index (κ2) is 6.60. The molecule has 0 saturated carbocycles. The van der Waals surface area contributed by atoms with Crippen LogP contribution in [0.1, 0.15) is 33.5 Å². The molecule has 2 heterocycles. The summed E-state index contributed by atoms with van der Waals surface area (Å²) in [6.07, 6.45) is 0.800. The first-order chi connectivity index (χ1) is 15.7. The highest BCUT2D eigenvalue weighted by Crippen LogP contribution is 2.56. The van der Waals surface area contributed by atoms with E-state index in [2.05, 4.69) is 30.3 Å². The lowest BCUT2D eigenvalue weighted by molar-refractivity contribution is 0.354. The number of fused-ring (bicyclic) bond motifs is 6. The van der Waals surface area contributed by atoms with Crippen molar-refractivity contribution in [2.75, 3.05) is 0 Å². The molecule has 1 aromatic heterocycles. The second-order valence-electron chi connectivity index (χ2n) is 8.21. The van der Waals surface area contributed by atoms with Gasteiger partial charge in [0.2, 0.25) is 11.8 Å². The summed E-state index contributed by atoms with van der Waals surface area (Å²) in [6, 6.07) is 28.8. The predicted octanol–water partition coefficient (Wildman–Crippen LogP) is 4.51. The van der Waals surface area contributed by atoms with Gasteiger partial charge in [0.25, 0.3) is 0 Å². The zero-order chi connectivity index (χ0) is 21.9. The molecule has 2 N–H and O–H groups in total. The molecule has 4 aromatic rings. The summed E-state index contributed by atoms with van der Waals surface area (Å²) in [4.78, 5) is 0. The van der Waals surface area contributed by atoms with Crippen molar-refractivity contribution in [3.63, 3.8) is 0 Å². The molecule has 3 aromatic carbocycles. The van der Waals surface area contributed by atoms with Crippen LogP contribution in [-0.4, -0.2) is 9.78 Å². The van der Waals surface area contributed by atoms with E-state index in [-0.39, 0.29) is 5.88 Å². The zero-order valence-corrected chi connectivity index (χ0v) is 17.5. The van der Waals surface area contributed by atoms with Crippen molar-refractivity contribution in [3.05, 3.63) is 124 Å². The second-order valence-corrected chi connectivity index (χ2v) is 8.21. The van der Waals surface area contributed by atoms with Gasteiger partial charge in [0, 0.05) is 0 Å². The van der Waals surface area contributed by atoms with Crippen molar-refractivity contribution in [2.24, 2.45) is 5.73 Å². The van der Waals surface area contributed by atoms with Gasteiger partial charge in [-0.1, -0.05) is 66.7 Å². The molecule has 1 spiro atoms. The molecule has 154 valence electrons. The van der Waals surface area contributed by atoms with Crippen LogP contribution < -0.4 is 10.5 Å². The average molecular weight is 416 g/mol. The van der Waals surface area contributed by atoms with Crippen molar-refractivity contribution in [1.82, 2.24) is 9.78 Å². The summed E-state index contributed by atoms with van der Waals surface area (Å²) < 4.78 is 7.92. The lowest BCUT2D eigenvalue weighted by atomic mass is 9.59. The Morgan fingerprint density at radius 1 is 0.938 bits per heavy atom. The van der Waals surface area contributed by atoms with E-state index in [1.807, 2.05) is 61.5 Å². The fraction of sp³-hybridized carbons (Fsp3) is 0.111. The number of aromatic nitrogens is 2. The first-order valence-electron chi connectivity index (χ1n) is 10.6. The van der Waals surface area contributed by atoms with Crippen LogP contribution in [0.5, 0.6) is 5.88 Å². The van der Waals surface area contributed by atoms with E-state index in [0.29, 0.717) is 11.5 Å². The van der Waals surface area contributed by atoms with Crippen molar-refractivity contribution >= 4 is 0 Å². The topological polar surface area (TPSA) is 76.9 Å². The first kappa shape index (κ1) is 18.5. The third-order valence-corrected chi connectivity index (χ3v) is 6.56. The Morgan fingerprint density at radius 2 is 1.53 bits per heavy atom. The maximum Gasteiger partial charge on any atom is 0.229 e. The number of hydrogen-bond donors (Lipinski definition) is 1. The smallest absolute Gasteiger partial charge is 0.229 e. The van der Waals surface area contributed by atoms with Gasteiger partial charge >= 0.3 is 0 Å². The highest BCUT2D eigenvalue weighted by atomic mass is 16.5. The van der Waals surface area contributed by atoms with Gasteiger partial charge in [0.15, 0.2) is 0 Å². The van der Waals surface area contributed by atoms with Crippen LogP contribution in [0, 0.1) is 18.3 Å². The lowest BCUT2D eigenvalue weighted by Crippen LogP contribution is -2.41. The van der Waals surface area contributed by atoms with Gasteiger partial charge in [-0.3, -0.25) is 0 Å². The van der Waals surface area contributed by atoms with Crippen LogP contribution in [0.15, 0.2) is 90.3 Å². The molecule has 2 aliphatic rings. The normalized spacial score (nSPS) is 15.4. The monoisotopic (exact) mass is 416 g/mol. The highest BCUT2D eigenvalue weighted by Gasteiger charge is 2.53. The molecule has 0 radical (unpaired) electrons. The van der Waals surface area contributed by atoms with Crippen LogP contribution in [-0.2, 0) is 11.8 Å². The van der Waals surface area contributed by atoms with E-state index in [9.17, 15) is 5.26 Å². The molecule has 0 unspecified atom stereocenters. The summed E-state index contributed by atoms with van der Waals surface area (Å²) in [5.41, 5.74) is 13.0. The minimum atomic E-state index is -0.880. The number of allylic oxidation sites excluding steroid dienone is 1. The van der Waals surface area contributed by atoms with E-state index in [1.54, 1.807) is 4.68 Å². The van der Waals surface area contributed by atoms with Crippen molar-refractivity contribution in [3.8, 4) is 17.6 Å². The van der Waals surface area contributed by atoms with E-state index in [0.717, 1.165) is 34.5 Å². The van der Waals surface area contributed by atoms with Crippen LogP contribution >= 0.6 is 0 Å². The molecular weight excluding hydrogens is 396 g/mol. The number of rotatable bonds is 1. The number of nitrogens with two attached hydrogens (primary N) is 1. The summed E-state index contributed by atoms with van der Waals surface area (Å²) in [5.74, 6) is 0.667. The number of nitriles is 1. The molecule has 5 nitrogen and oxygen atoms in total. The Kier molecular flexibility index (Phi) is 3.81. The van der Waals surface area contributed by atoms with Gasteiger partial charge in [-0.15, -0.1) is 0 Å². The van der Waals surface area contributed by atoms with E-state index in [4.69, 9.17) is 15.6 Å². The first-order valence-corrected chi connectivity index (χ1v) is 10.6. The van der Waals surface area contributed by atoms with Crippen LogP contribution in [0.2, 0.25) is 0 Å². The third kappa shape index (κ3) is 2.24. The maximum absolute atomic E-state index is 10.4. The lowest BCUT2D eigenvalue weighted by Gasteiger charge is -2.43. The third-order valence-electron chi connectivity index (χ3n) is 6.56. The Morgan fingerprint density at radius 3 is 2.16 bits per heavy atom. The quantitative estimate of drug-likeness (QED) is 0.495. The standard InChI is InChI=1S/C27H20N4O/c1-17-24-26(31(30-17)20-11-3-2-4-12-20)32-25(29)23(16-28)27(24)21-13-7-5-9-18(21)15-19-10-6-8-14-22(19)27/h2-14H,15,29H2,1H3. The molecule has 0 amide bonds. The zero-order valence-electron chi connectivity index (χ0n) is 17.5. The molecule has 0 fully saturated rings. The fourth-order valence-corrected chi connectivity index (χ4v) is 5.35. The summed E-state index contributed by atoms with van der Waals surface area (Å²) in [5, 5.41) is 15.2.